The van der Waals surface area contributed by atoms with Crippen molar-refractivity contribution in [2.45, 2.75) is 13.0 Å². The lowest BCUT2D eigenvalue weighted by Gasteiger charge is -2.31. The third kappa shape index (κ3) is 2.28. The molecular weight excluding hydrogens is 206 g/mol. The minimum Gasteiger partial charge on any atom is -0.490 e. The third-order valence-corrected chi connectivity index (χ3v) is 2.75. The minimum absolute atomic E-state index is 0.0428. The Morgan fingerprint density at radius 2 is 2.19 bits per heavy atom. The number of aliphatic hydroxyl groups excluding tert-OH is 2. The fourth-order valence-electron chi connectivity index (χ4n) is 1.91. The van der Waals surface area contributed by atoms with Crippen LogP contribution in [0.3, 0.4) is 0 Å². The van der Waals surface area contributed by atoms with Gasteiger partial charge in [-0.05, 0) is 24.1 Å². The Morgan fingerprint density at radius 3 is 2.94 bits per heavy atom. The molecule has 4 heteroatoms. The summed E-state index contributed by atoms with van der Waals surface area (Å²) < 4.78 is 5.55. The van der Waals surface area contributed by atoms with Crippen LogP contribution in [-0.4, -0.2) is 36.5 Å². The predicted octanol–water partition coefficient (Wildman–Crippen LogP) is 0.760. The molecule has 2 rings (SSSR count). The number of rotatable bonds is 4. The van der Waals surface area contributed by atoms with Crippen LogP contribution >= 0.6 is 0 Å². The molecule has 0 spiro atoms. The van der Waals surface area contributed by atoms with Crippen molar-refractivity contribution in [1.82, 2.24) is 0 Å². The summed E-state index contributed by atoms with van der Waals surface area (Å²) in [6.07, 6.45) is 0.753. The van der Waals surface area contributed by atoms with Crippen LogP contribution in [0.4, 0.5) is 5.69 Å². The van der Waals surface area contributed by atoms with Crippen LogP contribution in [0.1, 0.15) is 12.0 Å². The standard InChI is InChI=1S/C12H17NO3/c14-6-1-4-13-5-7-16-12-3-2-10(9-15)8-11(12)13/h2-3,8,14-15H,1,4-7,9H2. The molecule has 4 nitrogen and oxygen atoms in total. The van der Waals surface area contributed by atoms with Gasteiger partial charge in [-0.3, -0.25) is 0 Å². The van der Waals surface area contributed by atoms with Gasteiger partial charge in [-0.25, -0.2) is 0 Å². The molecule has 88 valence electrons. The van der Waals surface area contributed by atoms with Gasteiger partial charge in [0.25, 0.3) is 0 Å². The van der Waals surface area contributed by atoms with Crippen molar-refractivity contribution in [1.29, 1.82) is 0 Å². The van der Waals surface area contributed by atoms with Crippen molar-refractivity contribution >= 4 is 5.69 Å². The summed E-state index contributed by atoms with van der Waals surface area (Å²) in [7, 11) is 0. The maximum absolute atomic E-state index is 9.10. The van der Waals surface area contributed by atoms with Crippen LogP contribution < -0.4 is 9.64 Å². The van der Waals surface area contributed by atoms with E-state index < -0.39 is 0 Å². The number of ether oxygens (including phenoxy) is 1. The smallest absolute Gasteiger partial charge is 0.142 e. The van der Waals surface area contributed by atoms with E-state index in [1.165, 1.54) is 0 Å². The van der Waals surface area contributed by atoms with Crippen molar-refractivity contribution in [3.8, 4) is 5.75 Å². The number of aliphatic hydroxyl groups is 2. The Kier molecular flexibility index (Phi) is 3.64. The lowest BCUT2D eigenvalue weighted by Crippen LogP contribution is -2.33. The second kappa shape index (κ2) is 5.18. The summed E-state index contributed by atoms with van der Waals surface area (Å²) in [5.41, 5.74) is 1.91. The molecule has 0 aliphatic carbocycles. The van der Waals surface area contributed by atoms with Gasteiger partial charge in [-0.2, -0.15) is 0 Å². The first-order chi connectivity index (χ1) is 7.85. The number of anilines is 1. The van der Waals surface area contributed by atoms with Crippen LogP contribution in [0.15, 0.2) is 18.2 Å². The van der Waals surface area contributed by atoms with E-state index in [0.717, 1.165) is 36.5 Å². The van der Waals surface area contributed by atoms with E-state index in [1.807, 2.05) is 18.2 Å². The van der Waals surface area contributed by atoms with Gasteiger partial charge in [0, 0.05) is 13.2 Å². The Hall–Kier alpha value is -1.26. The molecule has 0 atom stereocenters. The Balaban J connectivity index is 2.21. The number of hydrogen-bond donors (Lipinski definition) is 2. The SMILES string of the molecule is OCCCN1CCOc2ccc(CO)cc21. The van der Waals surface area contributed by atoms with Gasteiger partial charge in [0.05, 0.1) is 18.8 Å². The number of hydrogen-bond acceptors (Lipinski definition) is 4. The topological polar surface area (TPSA) is 52.9 Å². The van der Waals surface area contributed by atoms with Crippen LogP contribution in [0.25, 0.3) is 0 Å². The Labute approximate surface area is 95.1 Å². The largest absolute Gasteiger partial charge is 0.490 e. The summed E-state index contributed by atoms with van der Waals surface area (Å²) in [6.45, 7) is 2.58. The molecule has 1 aromatic carbocycles. The van der Waals surface area contributed by atoms with Gasteiger partial charge in [0.2, 0.25) is 0 Å². The normalized spacial score (nSPS) is 14.5. The number of nitrogens with zero attached hydrogens (tertiary/aromatic N) is 1. The van der Waals surface area contributed by atoms with E-state index in [-0.39, 0.29) is 13.2 Å². The van der Waals surface area contributed by atoms with E-state index in [9.17, 15) is 0 Å². The highest BCUT2D eigenvalue weighted by Gasteiger charge is 2.17. The van der Waals surface area contributed by atoms with Crippen molar-refractivity contribution in [2.24, 2.45) is 0 Å². The predicted molar refractivity (Wildman–Crippen MR) is 61.8 cm³/mol. The first-order valence-corrected chi connectivity index (χ1v) is 5.57. The summed E-state index contributed by atoms with van der Waals surface area (Å²) in [5, 5.41) is 17.9. The summed E-state index contributed by atoms with van der Waals surface area (Å²) in [4.78, 5) is 2.19. The highest BCUT2D eigenvalue weighted by atomic mass is 16.5. The van der Waals surface area contributed by atoms with Crippen molar-refractivity contribution in [2.75, 3.05) is 31.2 Å². The molecule has 1 aromatic rings. The molecule has 0 unspecified atom stereocenters. The second-order valence-corrected chi connectivity index (χ2v) is 3.87. The highest BCUT2D eigenvalue weighted by Crippen LogP contribution is 2.32. The van der Waals surface area contributed by atoms with Crippen LogP contribution in [0.5, 0.6) is 5.75 Å². The fraction of sp³-hybridized carbons (Fsp3) is 0.500. The first kappa shape index (κ1) is 11.2. The molecule has 1 heterocycles. The monoisotopic (exact) mass is 223 g/mol. The van der Waals surface area contributed by atoms with Gasteiger partial charge in [0.1, 0.15) is 12.4 Å². The zero-order valence-corrected chi connectivity index (χ0v) is 9.22. The lowest BCUT2D eigenvalue weighted by atomic mass is 10.1. The molecule has 0 radical (unpaired) electrons. The van der Waals surface area contributed by atoms with Crippen molar-refractivity contribution in [3.63, 3.8) is 0 Å². The first-order valence-electron chi connectivity index (χ1n) is 5.57. The van der Waals surface area contributed by atoms with E-state index >= 15 is 0 Å². The molecule has 0 bridgehead atoms. The summed E-state index contributed by atoms with van der Waals surface area (Å²) in [5.74, 6) is 0.862. The molecule has 0 aromatic heterocycles. The Bertz CT molecular complexity index is 354. The molecule has 0 saturated heterocycles. The molecule has 0 amide bonds. The quantitative estimate of drug-likeness (QED) is 0.791. The van der Waals surface area contributed by atoms with E-state index in [4.69, 9.17) is 14.9 Å². The zero-order valence-electron chi connectivity index (χ0n) is 9.22. The Morgan fingerprint density at radius 1 is 1.31 bits per heavy atom. The van der Waals surface area contributed by atoms with E-state index in [0.29, 0.717) is 6.61 Å². The molecule has 0 fully saturated rings. The molecule has 1 aliphatic rings. The maximum atomic E-state index is 9.10. The molecule has 2 N–H and O–H groups in total. The highest BCUT2D eigenvalue weighted by molar-refractivity contribution is 5.61. The fourth-order valence-corrected chi connectivity index (χ4v) is 1.91. The molecular formula is C12H17NO3. The average molecular weight is 223 g/mol. The summed E-state index contributed by atoms with van der Waals surface area (Å²) in [6, 6.07) is 5.71. The van der Waals surface area contributed by atoms with Crippen LogP contribution in [0, 0.1) is 0 Å². The average Bonchev–Trinajstić information content (AvgIpc) is 2.35. The summed E-state index contributed by atoms with van der Waals surface area (Å²) >= 11 is 0. The zero-order chi connectivity index (χ0) is 11.4. The molecule has 0 saturated carbocycles. The maximum Gasteiger partial charge on any atom is 0.142 e. The van der Waals surface area contributed by atoms with E-state index in [2.05, 4.69) is 4.90 Å². The lowest BCUT2D eigenvalue weighted by molar-refractivity contribution is 0.276. The van der Waals surface area contributed by atoms with Crippen molar-refractivity contribution in [3.05, 3.63) is 23.8 Å². The molecule has 16 heavy (non-hydrogen) atoms. The van der Waals surface area contributed by atoms with Gasteiger partial charge in [0.15, 0.2) is 0 Å². The minimum atomic E-state index is 0.0428. The van der Waals surface area contributed by atoms with Crippen LogP contribution in [0.2, 0.25) is 0 Å². The number of benzene rings is 1. The van der Waals surface area contributed by atoms with Crippen LogP contribution in [-0.2, 0) is 6.61 Å². The van der Waals surface area contributed by atoms with Gasteiger partial charge in [-0.1, -0.05) is 6.07 Å². The second-order valence-electron chi connectivity index (χ2n) is 3.87. The van der Waals surface area contributed by atoms with E-state index in [1.54, 1.807) is 0 Å². The van der Waals surface area contributed by atoms with Gasteiger partial charge < -0.3 is 19.8 Å². The van der Waals surface area contributed by atoms with Crippen molar-refractivity contribution < 1.29 is 14.9 Å². The third-order valence-electron chi connectivity index (χ3n) is 2.75. The van der Waals surface area contributed by atoms with Gasteiger partial charge >= 0.3 is 0 Å². The number of fused-ring (bicyclic) bond motifs is 1. The molecule has 1 aliphatic heterocycles. The van der Waals surface area contributed by atoms with Gasteiger partial charge in [-0.15, -0.1) is 0 Å².